The number of carbonyl (C=O) groups is 1. The Morgan fingerprint density at radius 1 is 1.78 bits per heavy atom. The average Bonchev–Trinajstić information content (AvgIpc) is 1.65. The lowest BCUT2D eigenvalue weighted by atomic mass is 9.89. The van der Waals surface area contributed by atoms with Crippen LogP contribution in [0.1, 0.15) is 20.3 Å². The highest BCUT2D eigenvalue weighted by molar-refractivity contribution is 5.80. The normalized spacial score (nSPS) is 10.3. The second kappa shape index (κ2) is 2.49. The van der Waals surface area contributed by atoms with Gasteiger partial charge in [0.05, 0.1) is 11.5 Å². The van der Waals surface area contributed by atoms with Crippen molar-refractivity contribution in [2.75, 3.05) is 0 Å². The smallest absolute Gasteiger partial charge is 0.224 e. The van der Waals surface area contributed by atoms with Crippen molar-refractivity contribution in [1.82, 2.24) is 0 Å². The van der Waals surface area contributed by atoms with E-state index in [1.165, 1.54) is 0 Å². The van der Waals surface area contributed by atoms with Crippen LogP contribution in [0, 0.1) is 16.7 Å². The van der Waals surface area contributed by atoms with E-state index in [1.807, 2.05) is 6.07 Å². The number of hydrogen-bond donors (Lipinski definition) is 1. The Kier molecular flexibility index (Phi) is 2.20. The maximum Gasteiger partial charge on any atom is 0.224 e. The molecule has 1 amide bonds. The number of primary amides is 1. The van der Waals surface area contributed by atoms with Gasteiger partial charge in [0.25, 0.3) is 0 Å². The molecule has 0 atom stereocenters. The lowest BCUT2D eigenvalue weighted by Crippen LogP contribution is -2.30. The average molecular weight is 126 g/mol. The molecule has 0 aromatic rings. The molecule has 0 spiro atoms. The first kappa shape index (κ1) is 7.96. The first-order chi connectivity index (χ1) is 4.00. The number of rotatable bonds is 2. The molecule has 50 valence electrons. The van der Waals surface area contributed by atoms with Gasteiger partial charge in [0.1, 0.15) is 0 Å². The van der Waals surface area contributed by atoms with Crippen molar-refractivity contribution in [3.63, 3.8) is 0 Å². The Balaban J connectivity index is 4.06. The summed E-state index contributed by atoms with van der Waals surface area (Å²) in [4.78, 5) is 10.5. The molecule has 0 aliphatic heterocycles. The third-order valence-electron chi connectivity index (χ3n) is 1.19. The number of amides is 1. The van der Waals surface area contributed by atoms with Crippen LogP contribution in [0.5, 0.6) is 0 Å². The van der Waals surface area contributed by atoms with Crippen LogP contribution in [0.15, 0.2) is 0 Å². The number of nitriles is 1. The summed E-state index contributed by atoms with van der Waals surface area (Å²) in [5.41, 5.74) is 4.29. The van der Waals surface area contributed by atoms with Gasteiger partial charge in [0.2, 0.25) is 5.91 Å². The quantitative estimate of drug-likeness (QED) is 0.582. The summed E-state index contributed by atoms with van der Waals surface area (Å²) in [6.07, 6.45) is 0.183. The van der Waals surface area contributed by atoms with Crippen molar-refractivity contribution in [3.8, 4) is 6.07 Å². The topological polar surface area (TPSA) is 66.9 Å². The van der Waals surface area contributed by atoms with Crippen molar-refractivity contribution < 1.29 is 4.79 Å². The molecule has 0 aromatic heterocycles. The number of nitrogens with zero attached hydrogens (tertiary/aromatic N) is 1. The van der Waals surface area contributed by atoms with Gasteiger partial charge in [-0.2, -0.15) is 5.26 Å². The van der Waals surface area contributed by atoms with Crippen molar-refractivity contribution >= 4 is 5.91 Å². The Bertz CT molecular complexity index is 155. The largest absolute Gasteiger partial charge is 0.369 e. The number of hydrogen-bond acceptors (Lipinski definition) is 2. The van der Waals surface area contributed by atoms with E-state index in [0.29, 0.717) is 0 Å². The van der Waals surface area contributed by atoms with E-state index >= 15 is 0 Å². The van der Waals surface area contributed by atoms with Crippen molar-refractivity contribution in [2.24, 2.45) is 11.1 Å². The molecule has 0 unspecified atom stereocenters. The number of carbonyl (C=O) groups excluding carboxylic acids is 1. The molecule has 0 aromatic carbocycles. The van der Waals surface area contributed by atoms with E-state index in [1.54, 1.807) is 13.8 Å². The van der Waals surface area contributed by atoms with Gasteiger partial charge < -0.3 is 5.73 Å². The van der Waals surface area contributed by atoms with Crippen LogP contribution in [-0.2, 0) is 4.79 Å². The van der Waals surface area contributed by atoms with Gasteiger partial charge in [0, 0.05) is 6.42 Å². The van der Waals surface area contributed by atoms with E-state index in [4.69, 9.17) is 11.0 Å². The summed E-state index contributed by atoms with van der Waals surface area (Å²) in [5, 5.41) is 8.19. The molecule has 3 heteroatoms. The summed E-state index contributed by atoms with van der Waals surface area (Å²) < 4.78 is 0. The Labute approximate surface area is 54.5 Å². The zero-order valence-electron chi connectivity index (χ0n) is 5.64. The highest BCUT2D eigenvalue weighted by Gasteiger charge is 2.23. The van der Waals surface area contributed by atoms with Gasteiger partial charge in [0.15, 0.2) is 0 Å². The molecule has 0 heterocycles. The first-order valence-corrected chi connectivity index (χ1v) is 2.67. The molecule has 3 nitrogen and oxygen atoms in total. The van der Waals surface area contributed by atoms with Gasteiger partial charge in [-0.1, -0.05) is 13.8 Å². The Morgan fingerprint density at radius 3 is 2.33 bits per heavy atom. The standard InChI is InChI=1S/C6H10N2O/c1-6(2,3-4-7)5(8)9/h3H2,1-2H3,(H2,8,9). The third-order valence-corrected chi connectivity index (χ3v) is 1.19. The predicted octanol–water partition coefficient (Wildman–Crippen LogP) is 0.412. The molecular formula is C6H10N2O. The van der Waals surface area contributed by atoms with Crippen LogP contribution in [-0.4, -0.2) is 5.91 Å². The summed E-state index contributed by atoms with van der Waals surface area (Å²) in [7, 11) is 0. The molecule has 0 aliphatic carbocycles. The second-order valence-corrected chi connectivity index (χ2v) is 2.58. The monoisotopic (exact) mass is 126 g/mol. The first-order valence-electron chi connectivity index (χ1n) is 2.67. The van der Waals surface area contributed by atoms with E-state index in [2.05, 4.69) is 0 Å². The van der Waals surface area contributed by atoms with Gasteiger partial charge in [-0.3, -0.25) is 4.79 Å². The molecular weight excluding hydrogens is 116 g/mol. The maximum absolute atomic E-state index is 10.5. The van der Waals surface area contributed by atoms with Crippen LogP contribution in [0.3, 0.4) is 0 Å². The minimum Gasteiger partial charge on any atom is -0.369 e. The highest BCUT2D eigenvalue weighted by atomic mass is 16.1. The van der Waals surface area contributed by atoms with Gasteiger partial charge >= 0.3 is 0 Å². The molecule has 0 rings (SSSR count). The lowest BCUT2D eigenvalue weighted by Gasteiger charge is -2.14. The van der Waals surface area contributed by atoms with Crippen LogP contribution in [0.2, 0.25) is 0 Å². The fourth-order valence-corrected chi connectivity index (χ4v) is 0.285. The zero-order valence-corrected chi connectivity index (χ0v) is 5.64. The Hall–Kier alpha value is -1.04. The van der Waals surface area contributed by atoms with E-state index < -0.39 is 11.3 Å². The molecule has 0 saturated carbocycles. The van der Waals surface area contributed by atoms with Crippen LogP contribution in [0.25, 0.3) is 0 Å². The second-order valence-electron chi connectivity index (χ2n) is 2.58. The molecule has 9 heavy (non-hydrogen) atoms. The summed E-state index contributed by atoms with van der Waals surface area (Å²) in [6, 6.07) is 1.89. The van der Waals surface area contributed by atoms with Gasteiger partial charge in [-0.05, 0) is 0 Å². The zero-order chi connectivity index (χ0) is 7.49. The molecule has 0 saturated heterocycles. The van der Waals surface area contributed by atoms with Gasteiger partial charge in [-0.25, -0.2) is 0 Å². The van der Waals surface area contributed by atoms with Crippen molar-refractivity contribution in [1.29, 1.82) is 5.26 Å². The summed E-state index contributed by atoms with van der Waals surface area (Å²) in [6.45, 7) is 3.30. The fraction of sp³-hybridized carbons (Fsp3) is 0.667. The SMILES string of the molecule is CC(C)(CC#N)C(N)=O. The van der Waals surface area contributed by atoms with Crippen molar-refractivity contribution in [2.45, 2.75) is 20.3 Å². The number of nitrogens with two attached hydrogens (primary N) is 1. The van der Waals surface area contributed by atoms with Crippen LogP contribution < -0.4 is 5.73 Å². The highest BCUT2D eigenvalue weighted by Crippen LogP contribution is 2.17. The predicted molar refractivity (Wildman–Crippen MR) is 33.2 cm³/mol. The summed E-state index contributed by atoms with van der Waals surface area (Å²) in [5.74, 6) is -0.427. The molecule has 2 N–H and O–H groups in total. The summed E-state index contributed by atoms with van der Waals surface area (Å²) >= 11 is 0. The van der Waals surface area contributed by atoms with Crippen LogP contribution >= 0.6 is 0 Å². The lowest BCUT2D eigenvalue weighted by molar-refractivity contribution is -0.125. The minimum atomic E-state index is -0.672. The molecule has 0 radical (unpaired) electrons. The molecule has 0 bridgehead atoms. The van der Waals surface area contributed by atoms with Gasteiger partial charge in [-0.15, -0.1) is 0 Å². The third kappa shape index (κ3) is 2.13. The molecule has 0 aliphatic rings. The minimum absolute atomic E-state index is 0.183. The fourth-order valence-electron chi connectivity index (χ4n) is 0.285. The van der Waals surface area contributed by atoms with E-state index in [9.17, 15) is 4.79 Å². The van der Waals surface area contributed by atoms with E-state index in [-0.39, 0.29) is 6.42 Å². The maximum atomic E-state index is 10.5. The Morgan fingerprint density at radius 2 is 2.22 bits per heavy atom. The van der Waals surface area contributed by atoms with E-state index in [0.717, 1.165) is 0 Å². The van der Waals surface area contributed by atoms with Crippen molar-refractivity contribution in [3.05, 3.63) is 0 Å². The molecule has 0 fully saturated rings. The van der Waals surface area contributed by atoms with Crippen LogP contribution in [0.4, 0.5) is 0 Å².